The highest BCUT2D eigenvalue weighted by Gasteiger charge is 2.27. The molecule has 0 atom stereocenters. The highest BCUT2D eigenvalue weighted by atomic mass is 35.5. The van der Waals surface area contributed by atoms with Crippen LogP contribution in [0, 0.1) is 0 Å². The van der Waals surface area contributed by atoms with Gasteiger partial charge in [0.15, 0.2) is 0 Å². The molecule has 5 nitrogen and oxygen atoms in total. The monoisotopic (exact) mass is 339 g/mol. The lowest BCUT2D eigenvalue weighted by Gasteiger charge is -2.28. The Hall–Kier alpha value is -2.66. The molecular weight excluding hydrogens is 326 g/mol. The average molecular weight is 340 g/mol. The molecule has 1 amide bonds. The first-order valence-electron chi connectivity index (χ1n) is 7.72. The summed E-state index contributed by atoms with van der Waals surface area (Å²) < 4.78 is 5.58. The molecule has 24 heavy (non-hydrogen) atoms. The second-order valence-electron chi connectivity index (χ2n) is 5.58. The maximum Gasteiger partial charge on any atom is 0.315 e. The SMILES string of the molecule is O=C(c1nnc(-c2ccccc2Cl)o1)N1CCCc2ccccc21. The number of hydrogen-bond acceptors (Lipinski definition) is 4. The van der Waals surface area contributed by atoms with Gasteiger partial charge in [-0.15, -0.1) is 10.2 Å². The summed E-state index contributed by atoms with van der Waals surface area (Å²) in [5.74, 6) is -0.0659. The van der Waals surface area contributed by atoms with Crippen molar-refractivity contribution >= 4 is 23.2 Å². The number of fused-ring (bicyclic) bond motifs is 1. The Morgan fingerprint density at radius 3 is 2.75 bits per heavy atom. The van der Waals surface area contributed by atoms with Crippen molar-refractivity contribution in [1.82, 2.24) is 10.2 Å². The van der Waals surface area contributed by atoms with Crippen molar-refractivity contribution < 1.29 is 9.21 Å². The quantitative estimate of drug-likeness (QED) is 0.708. The van der Waals surface area contributed by atoms with Gasteiger partial charge in [0.2, 0.25) is 5.89 Å². The number of aryl methyl sites for hydroxylation is 1. The summed E-state index contributed by atoms with van der Waals surface area (Å²) in [6.07, 6.45) is 1.88. The molecule has 2 heterocycles. The van der Waals surface area contributed by atoms with E-state index in [1.54, 1.807) is 17.0 Å². The topological polar surface area (TPSA) is 59.2 Å². The molecule has 1 aliphatic heterocycles. The van der Waals surface area contributed by atoms with Crippen LogP contribution in [0.3, 0.4) is 0 Å². The van der Waals surface area contributed by atoms with E-state index in [0.29, 0.717) is 17.1 Å². The average Bonchev–Trinajstić information content (AvgIpc) is 3.11. The minimum absolute atomic E-state index is 0.0263. The molecule has 2 aromatic carbocycles. The molecule has 0 unspecified atom stereocenters. The van der Waals surface area contributed by atoms with Crippen LogP contribution in [0.1, 0.15) is 22.7 Å². The van der Waals surface area contributed by atoms with Gasteiger partial charge in [-0.25, -0.2) is 0 Å². The van der Waals surface area contributed by atoms with Crippen molar-refractivity contribution in [3.05, 3.63) is 65.0 Å². The second kappa shape index (κ2) is 6.09. The predicted molar refractivity (Wildman–Crippen MR) is 91.2 cm³/mol. The van der Waals surface area contributed by atoms with Gasteiger partial charge in [-0.1, -0.05) is 41.9 Å². The van der Waals surface area contributed by atoms with E-state index in [4.69, 9.17) is 16.0 Å². The van der Waals surface area contributed by atoms with Crippen molar-refractivity contribution in [2.75, 3.05) is 11.4 Å². The smallest absolute Gasteiger partial charge is 0.315 e. The van der Waals surface area contributed by atoms with Crippen LogP contribution in [-0.2, 0) is 6.42 Å². The molecule has 120 valence electrons. The van der Waals surface area contributed by atoms with Gasteiger partial charge in [0, 0.05) is 12.2 Å². The van der Waals surface area contributed by atoms with Gasteiger partial charge in [0.1, 0.15) is 0 Å². The number of carbonyl (C=O) groups excluding carboxylic acids is 1. The Morgan fingerprint density at radius 2 is 1.88 bits per heavy atom. The molecule has 0 fully saturated rings. The van der Waals surface area contributed by atoms with E-state index < -0.39 is 0 Å². The number of para-hydroxylation sites is 1. The Morgan fingerprint density at radius 1 is 1.08 bits per heavy atom. The number of carbonyl (C=O) groups is 1. The lowest BCUT2D eigenvalue weighted by molar-refractivity contribution is 0.0952. The molecule has 0 N–H and O–H groups in total. The van der Waals surface area contributed by atoms with Gasteiger partial charge in [-0.2, -0.15) is 0 Å². The molecule has 0 radical (unpaired) electrons. The van der Waals surface area contributed by atoms with Crippen LogP contribution >= 0.6 is 11.6 Å². The molecule has 3 aromatic rings. The number of aromatic nitrogens is 2. The molecule has 0 saturated heterocycles. The molecule has 0 aliphatic carbocycles. The van der Waals surface area contributed by atoms with Crippen molar-refractivity contribution in [1.29, 1.82) is 0 Å². The lowest BCUT2D eigenvalue weighted by atomic mass is 10.0. The number of rotatable bonds is 2. The summed E-state index contributed by atoms with van der Waals surface area (Å²) in [4.78, 5) is 14.5. The summed E-state index contributed by atoms with van der Waals surface area (Å²) in [7, 11) is 0. The Kier molecular flexibility index (Phi) is 3.78. The van der Waals surface area contributed by atoms with Crippen LogP contribution in [0.5, 0.6) is 0 Å². The third-order valence-corrected chi connectivity index (χ3v) is 4.40. The van der Waals surface area contributed by atoms with E-state index in [-0.39, 0.29) is 17.7 Å². The first-order chi connectivity index (χ1) is 11.7. The minimum Gasteiger partial charge on any atom is -0.412 e. The van der Waals surface area contributed by atoms with Crippen LogP contribution in [0.2, 0.25) is 5.02 Å². The largest absolute Gasteiger partial charge is 0.412 e. The Balaban J connectivity index is 1.66. The third-order valence-electron chi connectivity index (χ3n) is 4.07. The second-order valence-corrected chi connectivity index (χ2v) is 5.99. The lowest BCUT2D eigenvalue weighted by Crippen LogP contribution is -2.35. The van der Waals surface area contributed by atoms with E-state index in [1.807, 2.05) is 36.4 Å². The fourth-order valence-electron chi connectivity index (χ4n) is 2.91. The minimum atomic E-state index is -0.284. The number of anilines is 1. The summed E-state index contributed by atoms with van der Waals surface area (Å²) in [5, 5.41) is 8.39. The Labute approximate surface area is 143 Å². The van der Waals surface area contributed by atoms with E-state index in [0.717, 1.165) is 24.1 Å². The first kappa shape index (κ1) is 14.9. The van der Waals surface area contributed by atoms with Gasteiger partial charge in [-0.3, -0.25) is 4.79 Å². The zero-order valence-electron chi connectivity index (χ0n) is 12.8. The zero-order valence-corrected chi connectivity index (χ0v) is 13.5. The van der Waals surface area contributed by atoms with Gasteiger partial charge in [0.05, 0.1) is 10.6 Å². The van der Waals surface area contributed by atoms with E-state index >= 15 is 0 Å². The van der Waals surface area contributed by atoms with Crippen LogP contribution in [0.15, 0.2) is 52.9 Å². The van der Waals surface area contributed by atoms with Crippen molar-refractivity contribution in [2.24, 2.45) is 0 Å². The van der Waals surface area contributed by atoms with Crippen LogP contribution < -0.4 is 4.90 Å². The maximum atomic E-state index is 12.8. The number of halogens is 1. The zero-order chi connectivity index (χ0) is 16.5. The molecule has 0 saturated carbocycles. The molecule has 6 heteroatoms. The van der Waals surface area contributed by atoms with E-state index in [9.17, 15) is 4.79 Å². The Bertz CT molecular complexity index is 907. The van der Waals surface area contributed by atoms with Gasteiger partial charge >= 0.3 is 11.8 Å². The number of amides is 1. The molecule has 0 bridgehead atoms. The van der Waals surface area contributed by atoms with Gasteiger partial charge in [-0.05, 0) is 36.6 Å². The summed E-state index contributed by atoms with van der Waals surface area (Å²) in [6.45, 7) is 0.639. The summed E-state index contributed by atoms with van der Waals surface area (Å²) in [6, 6.07) is 15.1. The first-order valence-corrected chi connectivity index (χ1v) is 8.10. The highest BCUT2D eigenvalue weighted by molar-refractivity contribution is 6.33. The number of nitrogens with zero attached hydrogens (tertiary/aromatic N) is 3. The number of hydrogen-bond donors (Lipinski definition) is 0. The highest BCUT2D eigenvalue weighted by Crippen LogP contribution is 2.30. The molecule has 4 rings (SSSR count). The van der Waals surface area contributed by atoms with Crippen molar-refractivity contribution in [3.63, 3.8) is 0 Å². The molecular formula is C18H14ClN3O2. The van der Waals surface area contributed by atoms with Crippen LogP contribution in [0.4, 0.5) is 5.69 Å². The predicted octanol–water partition coefficient (Wildman–Crippen LogP) is 3.98. The number of benzene rings is 2. The van der Waals surface area contributed by atoms with Crippen molar-refractivity contribution in [2.45, 2.75) is 12.8 Å². The summed E-state index contributed by atoms with van der Waals surface area (Å²) in [5.41, 5.74) is 2.68. The fourth-order valence-corrected chi connectivity index (χ4v) is 3.13. The van der Waals surface area contributed by atoms with Crippen LogP contribution in [-0.4, -0.2) is 22.6 Å². The van der Waals surface area contributed by atoms with Gasteiger partial charge < -0.3 is 9.32 Å². The van der Waals surface area contributed by atoms with Crippen molar-refractivity contribution in [3.8, 4) is 11.5 Å². The molecule has 1 aromatic heterocycles. The third kappa shape index (κ3) is 2.57. The van der Waals surface area contributed by atoms with E-state index in [2.05, 4.69) is 10.2 Å². The maximum absolute atomic E-state index is 12.8. The molecule has 1 aliphatic rings. The summed E-state index contributed by atoms with van der Waals surface area (Å²) >= 11 is 6.14. The van der Waals surface area contributed by atoms with Crippen LogP contribution in [0.25, 0.3) is 11.5 Å². The fraction of sp³-hybridized carbons (Fsp3) is 0.167. The van der Waals surface area contributed by atoms with Gasteiger partial charge in [0.25, 0.3) is 0 Å². The molecule has 0 spiro atoms. The standard InChI is InChI=1S/C18H14ClN3O2/c19-14-9-3-2-8-13(14)16-20-21-17(24-16)18(23)22-11-5-7-12-6-1-4-10-15(12)22/h1-4,6,8-10H,5,7,11H2. The normalized spacial score (nSPS) is 13.6. The van der Waals surface area contributed by atoms with E-state index in [1.165, 1.54) is 0 Å².